The van der Waals surface area contributed by atoms with Gasteiger partial charge in [-0.15, -0.1) is 23.2 Å². The highest BCUT2D eigenvalue weighted by Crippen LogP contribution is 2.69. The van der Waals surface area contributed by atoms with Crippen LogP contribution in [0.4, 0.5) is 5.69 Å². The van der Waals surface area contributed by atoms with Gasteiger partial charge in [0.1, 0.15) is 9.75 Å². The van der Waals surface area contributed by atoms with Crippen molar-refractivity contribution in [3.8, 4) is 0 Å². The molecule has 4 aromatic rings. The first-order valence-corrected chi connectivity index (χ1v) is 16.4. The van der Waals surface area contributed by atoms with Gasteiger partial charge in [-0.05, 0) is 53.3 Å². The van der Waals surface area contributed by atoms with Gasteiger partial charge in [-0.25, -0.2) is 0 Å². The molecule has 1 saturated heterocycles. The molecule has 46 heavy (non-hydrogen) atoms. The lowest BCUT2D eigenvalue weighted by Crippen LogP contribution is -2.57. The van der Waals surface area contributed by atoms with E-state index in [-0.39, 0.29) is 36.5 Å². The SMILES string of the molecule is O=C(CCCCCN1C(=O)[C@@H]2[C@@H](C1=O)C1(Cl)c3ccccc3C2(Cl)c2ccccc21)Nc1ccc(Cl)cc1C(=O)c1ccccc1. The smallest absolute Gasteiger partial charge is 0.235 e. The van der Waals surface area contributed by atoms with Gasteiger partial charge in [0.15, 0.2) is 5.78 Å². The molecule has 2 bridgehead atoms. The lowest BCUT2D eigenvalue weighted by atomic mass is 9.54. The minimum atomic E-state index is -1.20. The van der Waals surface area contributed by atoms with Crippen LogP contribution in [0.15, 0.2) is 97.1 Å². The van der Waals surface area contributed by atoms with E-state index in [1.54, 1.807) is 42.5 Å². The molecular formula is C37H29Cl3N2O4. The predicted octanol–water partition coefficient (Wildman–Crippen LogP) is 7.66. The summed E-state index contributed by atoms with van der Waals surface area (Å²) in [5.74, 6) is -2.74. The molecule has 3 amide bonds. The molecule has 3 aliphatic carbocycles. The summed E-state index contributed by atoms with van der Waals surface area (Å²) < 4.78 is 0. The summed E-state index contributed by atoms with van der Waals surface area (Å²) in [7, 11) is 0. The Morgan fingerprint density at radius 2 is 1.22 bits per heavy atom. The van der Waals surface area contributed by atoms with Crippen molar-refractivity contribution >= 4 is 64.0 Å². The van der Waals surface area contributed by atoms with Gasteiger partial charge in [0.2, 0.25) is 17.7 Å². The maximum absolute atomic E-state index is 14.0. The van der Waals surface area contributed by atoms with Crippen LogP contribution in [-0.2, 0) is 24.1 Å². The van der Waals surface area contributed by atoms with Crippen LogP contribution < -0.4 is 5.32 Å². The van der Waals surface area contributed by atoms with E-state index in [9.17, 15) is 19.2 Å². The Labute approximate surface area is 281 Å². The highest BCUT2D eigenvalue weighted by Gasteiger charge is 2.72. The van der Waals surface area contributed by atoms with Gasteiger partial charge in [-0.2, -0.15) is 0 Å². The van der Waals surface area contributed by atoms with E-state index in [1.165, 1.54) is 4.90 Å². The van der Waals surface area contributed by atoms with E-state index in [2.05, 4.69) is 5.32 Å². The molecule has 4 aromatic carbocycles. The predicted molar refractivity (Wildman–Crippen MR) is 178 cm³/mol. The Balaban J connectivity index is 1.01. The zero-order valence-corrected chi connectivity index (χ0v) is 26.9. The number of halogens is 3. The maximum atomic E-state index is 14.0. The molecule has 0 unspecified atom stereocenters. The number of carbonyl (C=O) groups is 4. The molecule has 0 radical (unpaired) electrons. The quantitative estimate of drug-likeness (QED) is 0.0857. The molecular weight excluding hydrogens is 643 g/mol. The Bertz CT molecular complexity index is 1790. The summed E-state index contributed by atoms with van der Waals surface area (Å²) in [6, 6.07) is 28.7. The topological polar surface area (TPSA) is 83.6 Å². The van der Waals surface area contributed by atoms with Crippen LogP contribution in [0.1, 0.15) is 63.9 Å². The number of unbranched alkanes of at least 4 members (excludes halogenated alkanes) is 2. The van der Waals surface area contributed by atoms with Crippen LogP contribution >= 0.6 is 34.8 Å². The largest absolute Gasteiger partial charge is 0.325 e. The van der Waals surface area contributed by atoms with Crippen molar-refractivity contribution in [1.82, 2.24) is 4.90 Å². The number of nitrogens with one attached hydrogen (secondary N) is 1. The fourth-order valence-corrected chi connectivity index (χ4v) is 8.72. The summed E-state index contributed by atoms with van der Waals surface area (Å²) in [4.78, 5) is 52.8. The van der Waals surface area contributed by atoms with Crippen LogP contribution in [0.25, 0.3) is 0 Å². The molecule has 4 aliphatic rings. The van der Waals surface area contributed by atoms with Crippen molar-refractivity contribution in [2.45, 2.75) is 35.4 Å². The molecule has 0 aromatic heterocycles. The minimum Gasteiger partial charge on any atom is -0.325 e. The van der Waals surface area contributed by atoms with Gasteiger partial charge in [-0.3, -0.25) is 24.1 Å². The number of hydrogen-bond donors (Lipinski definition) is 1. The lowest BCUT2D eigenvalue weighted by molar-refractivity contribution is -0.140. The average Bonchev–Trinajstić information content (AvgIpc) is 3.34. The number of imide groups is 1. The van der Waals surface area contributed by atoms with Gasteiger partial charge < -0.3 is 5.32 Å². The first-order chi connectivity index (χ1) is 22.2. The first kappa shape index (κ1) is 30.7. The summed E-state index contributed by atoms with van der Waals surface area (Å²) >= 11 is 21.1. The van der Waals surface area contributed by atoms with Crippen molar-refractivity contribution in [3.05, 3.63) is 135 Å². The Morgan fingerprint density at radius 3 is 1.76 bits per heavy atom. The van der Waals surface area contributed by atoms with Crippen LogP contribution in [0.2, 0.25) is 5.02 Å². The van der Waals surface area contributed by atoms with E-state index in [4.69, 9.17) is 34.8 Å². The monoisotopic (exact) mass is 670 g/mol. The molecule has 0 saturated carbocycles. The normalized spacial score (nSPS) is 23.9. The van der Waals surface area contributed by atoms with Gasteiger partial charge in [-0.1, -0.05) is 96.9 Å². The van der Waals surface area contributed by atoms with Crippen molar-refractivity contribution in [2.75, 3.05) is 11.9 Å². The molecule has 6 nitrogen and oxygen atoms in total. The fraction of sp³-hybridized carbons (Fsp3) is 0.243. The van der Waals surface area contributed by atoms with Crippen LogP contribution in [0, 0.1) is 11.8 Å². The molecule has 1 fully saturated rings. The van der Waals surface area contributed by atoms with E-state index < -0.39 is 21.6 Å². The molecule has 8 rings (SSSR count). The Kier molecular flexibility index (Phi) is 7.79. The summed E-state index contributed by atoms with van der Waals surface area (Å²) in [6.07, 6.45) is 1.86. The second-order valence-electron chi connectivity index (χ2n) is 12.0. The van der Waals surface area contributed by atoms with E-state index in [0.29, 0.717) is 41.1 Å². The Morgan fingerprint density at radius 1 is 0.696 bits per heavy atom. The molecule has 1 aliphatic heterocycles. The second-order valence-corrected chi connectivity index (χ2v) is 13.7. The minimum absolute atomic E-state index is 0.203. The average molecular weight is 672 g/mol. The van der Waals surface area contributed by atoms with E-state index in [0.717, 1.165) is 22.3 Å². The van der Waals surface area contributed by atoms with Gasteiger partial charge in [0.25, 0.3) is 0 Å². The van der Waals surface area contributed by atoms with Crippen LogP contribution in [0.3, 0.4) is 0 Å². The summed E-state index contributed by atoms with van der Waals surface area (Å²) in [5.41, 5.74) is 4.29. The van der Waals surface area contributed by atoms with Crippen molar-refractivity contribution < 1.29 is 19.2 Å². The Hall–Kier alpha value is -3.97. The van der Waals surface area contributed by atoms with Crippen molar-refractivity contribution in [3.63, 3.8) is 0 Å². The number of hydrogen-bond acceptors (Lipinski definition) is 4. The number of anilines is 1. The standard InChI is InChI=1S/C37H29Cl3N2O4/c38-23-18-19-29(24(21-23)33(44)22-11-3-1-4-12-22)41-30(43)17-5-2-10-20-42-34(45)31-32(35(42)46)37(40)26-14-7-6-13-25(26)36(31,39)27-15-8-9-16-28(27)37/h1,3-4,6-9,11-16,18-19,21,31-32H,2,5,10,17,20H2,(H,41,43)/t31-,32-,36?,37?/m0/s1. The molecule has 1 heterocycles. The van der Waals surface area contributed by atoms with E-state index in [1.807, 2.05) is 54.6 Å². The van der Waals surface area contributed by atoms with Crippen molar-refractivity contribution in [1.29, 1.82) is 0 Å². The zero-order valence-electron chi connectivity index (χ0n) is 24.6. The number of alkyl halides is 2. The number of rotatable bonds is 9. The lowest BCUT2D eigenvalue weighted by Gasteiger charge is -2.54. The molecule has 0 spiro atoms. The highest BCUT2D eigenvalue weighted by molar-refractivity contribution is 6.36. The van der Waals surface area contributed by atoms with Gasteiger partial charge in [0, 0.05) is 29.1 Å². The molecule has 232 valence electrons. The number of benzene rings is 4. The highest BCUT2D eigenvalue weighted by atomic mass is 35.5. The first-order valence-electron chi connectivity index (χ1n) is 15.3. The molecule has 1 N–H and O–H groups in total. The maximum Gasteiger partial charge on any atom is 0.235 e. The zero-order chi connectivity index (χ0) is 32.2. The number of ketones is 1. The van der Waals surface area contributed by atoms with Gasteiger partial charge >= 0.3 is 0 Å². The molecule has 2 atom stereocenters. The number of nitrogens with zero attached hydrogens (tertiary/aromatic N) is 1. The van der Waals surface area contributed by atoms with Crippen molar-refractivity contribution in [2.24, 2.45) is 11.8 Å². The van der Waals surface area contributed by atoms with E-state index >= 15 is 0 Å². The molecule has 9 heteroatoms. The van der Waals surface area contributed by atoms with Crippen LogP contribution in [0.5, 0.6) is 0 Å². The third-order valence-electron chi connectivity index (χ3n) is 9.50. The second kappa shape index (κ2) is 11.7. The number of carbonyl (C=O) groups excluding carboxylic acids is 4. The van der Waals surface area contributed by atoms with Gasteiger partial charge in [0.05, 0.1) is 17.5 Å². The number of amides is 3. The third kappa shape index (κ3) is 4.61. The number of likely N-dealkylation sites (tertiary alicyclic amines) is 1. The fourth-order valence-electron chi connectivity index (χ4n) is 7.45. The summed E-state index contributed by atoms with van der Waals surface area (Å²) in [5, 5.41) is 3.24. The van der Waals surface area contributed by atoms with Crippen LogP contribution in [-0.4, -0.2) is 34.9 Å². The third-order valence-corrected chi connectivity index (χ3v) is 11.0. The summed E-state index contributed by atoms with van der Waals surface area (Å²) in [6.45, 7) is 0.214.